The van der Waals surface area contributed by atoms with Gasteiger partial charge in [-0.3, -0.25) is 9.10 Å². The van der Waals surface area contributed by atoms with Gasteiger partial charge in [0.25, 0.3) is 0 Å². The van der Waals surface area contributed by atoms with Gasteiger partial charge in [-0.2, -0.15) is 0 Å². The molecule has 0 aliphatic heterocycles. The number of para-hydroxylation sites is 1. The van der Waals surface area contributed by atoms with E-state index in [0.717, 1.165) is 32.9 Å². The first-order chi connectivity index (χ1) is 12.1. The molecule has 0 saturated carbocycles. The largest absolute Gasteiger partial charge is 0.324 e. The van der Waals surface area contributed by atoms with Crippen molar-refractivity contribution in [2.45, 2.75) is 33.6 Å². The zero-order valence-electron chi connectivity index (χ0n) is 15.9. The number of sulfonamides is 1. The van der Waals surface area contributed by atoms with Gasteiger partial charge in [-0.1, -0.05) is 44.2 Å². The molecule has 26 heavy (non-hydrogen) atoms. The maximum absolute atomic E-state index is 12.5. The molecule has 0 atom stereocenters. The van der Waals surface area contributed by atoms with E-state index in [0.29, 0.717) is 11.6 Å². The number of hydrogen-bond acceptors (Lipinski definition) is 3. The third-order valence-electron chi connectivity index (χ3n) is 4.28. The SMILES string of the molecule is Cc1cccc(C)c1NC(=O)CN(c1ccc(C(C)C)cc1)S(C)(=O)=O. The Morgan fingerprint density at radius 3 is 2.04 bits per heavy atom. The number of hydrogen-bond donors (Lipinski definition) is 1. The van der Waals surface area contributed by atoms with Crippen LogP contribution in [0.1, 0.15) is 36.5 Å². The number of aryl methyl sites for hydroxylation is 2. The van der Waals surface area contributed by atoms with Crippen LogP contribution in [0.25, 0.3) is 0 Å². The molecule has 0 aromatic heterocycles. The molecule has 2 rings (SSSR count). The summed E-state index contributed by atoms with van der Waals surface area (Å²) in [7, 11) is -3.59. The predicted molar refractivity (Wildman–Crippen MR) is 107 cm³/mol. The van der Waals surface area contributed by atoms with Gasteiger partial charge in [0, 0.05) is 5.69 Å². The molecule has 0 fully saturated rings. The Bertz CT molecular complexity index is 868. The van der Waals surface area contributed by atoms with Gasteiger partial charge >= 0.3 is 0 Å². The van der Waals surface area contributed by atoms with Crippen LogP contribution in [0.5, 0.6) is 0 Å². The summed E-state index contributed by atoms with van der Waals surface area (Å²) in [6.07, 6.45) is 1.11. The monoisotopic (exact) mass is 374 g/mol. The number of nitrogens with zero attached hydrogens (tertiary/aromatic N) is 1. The van der Waals surface area contributed by atoms with Crippen LogP contribution in [0, 0.1) is 13.8 Å². The van der Waals surface area contributed by atoms with E-state index >= 15 is 0 Å². The van der Waals surface area contributed by atoms with E-state index in [2.05, 4.69) is 19.2 Å². The van der Waals surface area contributed by atoms with Gasteiger partial charge < -0.3 is 5.32 Å². The van der Waals surface area contributed by atoms with Crippen LogP contribution in [0.2, 0.25) is 0 Å². The minimum atomic E-state index is -3.59. The van der Waals surface area contributed by atoms with Crippen LogP contribution in [0.3, 0.4) is 0 Å². The van der Waals surface area contributed by atoms with Crippen molar-refractivity contribution in [2.75, 3.05) is 22.4 Å². The molecular weight excluding hydrogens is 348 g/mol. The van der Waals surface area contributed by atoms with E-state index in [4.69, 9.17) is 0 Å². The molecule has 0 heterocycles. The van der Waals surface area contributed by atoms with Crippen molar-refractivity contribution in [1.29, 1.82) is 0 Å². The van der Waals surface area contributed by atoms with Gasteiger partial charge in [-0.05, 0) is 48.6 Å². The second-order valence-corrected chi connectivity index (χ2v) is 8.74. The van der Waals surface area contributed by atoms with Crippen LogP contribution in [0.4, 0.5) is 11.4 Å². The molecule has 1 N–H and O–H groups in total. The molecule has 2 aromatic rings. The van der Waals surface area contributed by atoms with E-state index in [1.807, 2.05) is 44.2 Å². The average Bonchev–Trinajstić information content (AvgIpc) is 2.55. The lowest BCUT2D eigenvalue weighted by Gasteiger charge is -2.23. The molecule has 2 aromatic carbocycles. The Balaban J connectivity index is 2.24. The Labute approximate surface area is 156 Å². The standard InChI is InChI=1S/C20H26N2O3S/c1-14(2)17-9-11-18(12-10-17)22(26(5,24)25)13-19(23)21-20-15(3)7-6-8-16(20)4/h6-12,14H,13H2,1-5H3,(H,21,23). The molecule has 0 radical (unpaired) electrons. The van der Waals surface area contributed by atoms with E-state index in [1.165, 1.54) is 0 Å². The zero-order chi connectivity index (χ0) is 19.5. The molecule has 6 heteroatoms. The van der Waals surface area contributed by atoms with E-state index in [9.17, 15) is 13.2 Å². The van der Waals surface area contributed by atoms with E-state index < -0.39 is 10.0 Å². The second kappa shape index (κ2) is 7.91. The van der Waals surface area contributed by atoms with Crippen LogP contribution < -0.4 is 9.62 Å². The van der Waals surface area contributed by atoms with Crippen molar-refractivity contribution in [3.63, 3.8) is 0 Å². The highest BCUT2D eigenvalue weighted by molar-refractivity contribution is 7.92. The quantitative estimate of drug-likeness (QED) is 0.835. The average molecular weight is 375 g/mol. The number of carbonyl (C=O) groups excluding carboxylic acids is 1. The van der Waals surface area contributed by atoms with Gasteiger partial charge in [-0.15, -0.1) is 0 Å². The lowest BCUT2D eigenvalue weighted by molar-refractivity contribution is -0.114. The highest BCUT2D eigenvalue weighted by Gasteiger charge is 2.21. The molecule has 1 amide bonds. The summed E-state index contributed by atoms with van der Waals surface area (Å²) < 4.78 is 25.6. The first-order valence-corrected chi connectivity index (χ1v) is 10.4. The lowest BCUT2D eigenvalue weighted by atomic mass is 10.0. The fraction of sp³-hybridized carbons (Fsp3) is 0.350. The Hall–Kier alpha value is -2.34. The molecule has 0 spiro atoms. The Kier molecular flexibility index (Phi) is 6.08. The van der Waals surface area contributed by atoms with Crippen LogP contribution in [-0.4, -0.2) is 27.1 Å². The normalized spacial score (nSPS) is 11.5. The smallest absolute Gasteiger partial charge is 0.245 e. The first-order valence-electron chi connectivity index (χ1n) is 8.53. The summed E-state index contributed by atoms with van der Waals surface area (Å²) in [6, 6.07) is 13.0. The van der Waals surface area contributed by atoms with E-state index in [1.54, 1.807) is 12.1 Å². The van der Waals surface area contributed by atoms with Gasteiger partial charge in [0.1, 0.15) is 6.54 Å². The summed E-state index contributed by atoms with van der Waals surface area (Å²) in [5, 5.41) is 2.84. The summed E-state index contributed by atoms with van der Waals surface area (Å²) in [5.41, 5.74) is 4.19. The minimum Gasteiger partial charge on any atom is -0.324 e. The van der Waals surface area contributed by atoms with Crippen LogP contribution in [-0.2, 0) is 14.8 Å². The maximum atomic E-state index is 12.5. The van der Waals surface area contributed by atoms with Crippen molar-refractivity contribution in [3.8, 4) is 0 Å². The van der Waals surface area contributed by atoms with Crippen molar-refractivity contribution < 1.29 is 13.2 Å². The second-order valence-electron chi connectivity index (χ2n) is 6.83. The number of nitrogens with one attached hydrogen (secondary N) is 1. The topological polar surface area (TPSA) is 66.5 Å². The lowest BCUT2D eigenvalue weighted by Crippen LogP contribution is -2.37. The molecule has 0 saturated heterocycles. The fourth-order valence-corrected chi connectivity index (χ4v) is 3.60. The summed E-state index contributed by atoms with van der Waals surface area (Å²) in [4.78, 5) is 12.5. The highest BCUT2D eigenvalue weighted by atomic mass is 32.2. The third kappa shape index (κ3) is 4.85. The predicted octanol–water partition coefficient (Wildman–Crippen LogP) is 3.83. The first kappa shape index (κ1) is 20.0. The highest BCUT2D eigenvalue weighted by Crippen LogP contribution is 2.23. The van der Waals surface area contributed by atoms with Crippen molar-refractivity contribution in [1.82, 2.24) is 0 Å². The Morgan fingerprint density at radius 2 is 1.58 bits per heavy atom. The van der Waals surface area contributed by atoms with Gasteiger partial charge in [0.2, 0.25) is 15.9 Å². The van der Waals surface area contributed by atoms with Crippen LogP contribution >= 0.6 is 0 Å². The maximum Gasteiger partial charge on any atom is 0.245 e. The number of amides is 1. The number of anilines is 2. The Morgan fingerprint density at radius 1 is 1.04 bits per heavy atom. The zero-order valence-corrected chi connectivity index (χ0v) is 16.7. The van der Waals surface area contributed by atoms with Crippen molar-refractivity contribution >= 4 is 27.3 Å². The van der Waals surface area contributed by atoms with Crippen molar-refractivity contribution in [2.24, 2.45) is 0 Å². The summed E-state index contributed by atoms with van der Waals surface area (Å²) in [5.74, 6) is -0.0242. The number of benzene rings is 2. The summed E-state index contributed by atoms with van der Waals surface area (Å²) in [6.45, 7) is 7.68. The number of rotatable bonds is 6. The fourth-order valence-electron chi connectivity index (χ4n) is 2.75. The third-order valence-corrected chi connectivity index (χ3v) is 5.42. The van der Waals surface area contributed by atoms with Crippen LogP contribution in [0.15, 0.2) is 42.5 Å². The molecule has 0 aliphatic rings. The summed E-state index contributed by atoms with van der Waals surface area (Å²) >= 11 is 0. The molecular formula is C20H26N2O3S. The molecule has 5 nitrogen and oxygen atoms in total. The molecule has 140 valence electrons. The van der Waals surface area contributed by atoms with Gasteiger partial charge in [0.05, 0.1) is 11.9 Å². The van der Waals surface area contributed by atoms with E-state index in [-0.39, 0.29) is 12.5 Å². The molecule has 0 aliphatic carbocycles. The molecule has 0 bridgehead atoms. The van der Waals surface area contributed by atoms with Gasteiger partial charge in [-0.25, -0.2) is 8.42 Å². The minimum absolute atomic E-state index is 0.270. The van der Waals surface area contributed by atoms with Gasteiger partial charge in [0.15, 0.2) is 0 Å². The molecule has 0 unspecified atom stereocenters. The van der Waals surface area contributed by atoms with Crippen molar-refractivity contribution in [3.05, 3.63) is 59.2 Å². The number of carbonyl (C=O) groups is 1.